The summed E-state index contributed by atoms with van der Waals surface area (Å²) in [5, 5.41) is 7.74. The van der Waals surface area contributed by atoms with Gasteiger partial charge in [0, 0.05) is 13.5 Å². The van der Waals surface area contributed by atoms with E-state index in [9.17, 15) is 18.9 Å². The highest BCUT2D eigenvalue weighted by Crippen LogP contribution is 2.48. The number of likely N-dealkylation sites (N-methyl/N-ethyl adjacent to an activating group) is 1. The summed E-state index contributed by atoms with van der Waals surface area (Å²) in [5.74, 6) is -0.866. The molecule has 1 aromatic carbocycles. The summed E-state index contributed by atoms with van der Waals surface area (Å²) in [5.41, 5.74) is -0.102. The van der Waals surface area contributed by atoms with Crippen LogP contribution in [0.4, 0.5) is 4.79 Å². The standard InChI is InChI=1S/C21H34N3O6P/c1-6-29-31(28,30-7-2)21(27)24-17(13-15(3)4)20(26)23-18(19(25)22-5)14-16-11-9-8-10-12-16/h8-12,15,17-18H,6-7,13-14H2,1-5H3,(H,22,25)(H,23,26)(H,24,27)/t17-,18-/m0/s1. The molecule has 31 heavy (non-hydrogen) atoms. The predicted molar refractivity (Wildman–Crippen MR) is 119 cm³/mol. The zero-order chi connectivity index (χ0) is 23.4. The van der Waals surface area contributed by atoms with Gasteiger partial charge in [-0.3, -0.25) is 14.4 Å². The van der Waals surface area contributed by atoms with E-state index in [4.69, 9.17) is 9.05 Å². The molecule has 9 nitrogen and oxygen atoms in total. The first-order valence-corrected chi connectivity index (χ1v) is 12.0. The molecule has 10 heteroatoms. The van der Waals surface area contributed by atoms with E-state index in [1.165, 1.54) is 7.05 Å². The van der Waals surface area contributed by atoms with Crippen LogP contribution < -0.4 is 16.0 Å². The van der Waals surface area contributed by atoms with Crippen molar-refractivity contribution in [1.29, 1.82) is 0 Å². The molecule has 0 bridgehead atoms. The Bertz CT molecular complexity index is 762. The third-order valence-corrected chi connectivity index (χ3v) is 6.15. The lowest BCUT2D eigenvalue weighted by molar-refractivity contribution is -0.129. The van der Waals surface area contributed by atoms with Gasteiger partial charge >= 0.3 is 13.2 Å². The summed E-state index contributed by atoms with van der Waals surface area (Å²) in [7, 11) is -2.58. The lowest BCUT2D eigenvalue weighted by Crippen LogP contribution is -2.54. The molecule has 0 saturated heterocycles. The smallest absolute Gasteiger partial charge is 0.357 e. The van der Waals surface area contributed by atoms with Crippen LogP contribution in [0.15, 0.2) is 30.3 Å². The summed E-state index contributed by atoms with van der Waals surface area (Å²) in [6.45, 7) is 6.99. The molecule has 0 aliphatic heterocycles. The fourth-order valence-electron chi connectivity index (χ4n) is 2.93. The molecule has 0 spiro atoms. The highest BCUT2D eigenvalue weighted by atomic mass is 31.2. The van der Waals surface area contributed by atoms with Crippen molar-refractivity contribution >= 4 is 25.1 Å². The van der Waals surface area contributed by atoms with Gasteiger partial charge in [0.25, 0.3) is 0 Å². The lowest BCUT2D eigenvalue weighted by atomic mass is 10.0. The molecule has 0 fully saturated rings. The quantitative estimate of drug-likeness (QED) is 0.393. The molecule has 174 valence electrons. The number of carbonyl (C=O) groups excluding carboxylic acids is 3. The van der Waals surface area contributed by atoms with Gasteiger partial charge in [-0.1, -0.05) is 44.2 Å². The summed E-state index contributed by atoms with van der Waals surface area (Å²) < 4.78 is 22.8. The molecule has 0 radical (unpaired) electrons. The van der Waals surface area contributed by atoms with Gasteiger partial charge in [-0.25, -0.2) is 4.57 Å². The van der Waals surface area contributed by atoms with Crippen molar-refractivity contribution in [3.8, 4) is 0 Å². The maximum absolute atomic E-state index is 13.0. The van der Waals surface area contributed by atoms with Crippen LogP contribution in [-0.4, -0.2) is 49.8 Å². The van der Waals surface area contributed by atoms with Gasteiger partial charge in [0.05, 0.1) is 13.2 Å². The first-order chi connectivity index (χ1) is 14.7. The zero-order valence-corrected chi connectivity index (χ0v) is 19.7. The molecule has 1 rings (SSSR count). The molecule has 3 amide bonds. The first kappa shape index (κ1) is 26.8. The van der Waals surface area contributed by atoms with Gasteiger partial charge in [-0.2, -0.15) is 0 Å². The van der Waals surface area contributed by atoms with E-state index in [0.717, 1.165) is 5.56 Å². The average Bonchev–Trinajstić information content (AvgIpc) is 2.72. The van der Waals surface area contributed by atoms with Crippen LogP contribution in [0, 0.1) is 5.92 Å². The highest BCUT2D eigenvalue weighted by molar-refractivity contribution is 7.71. The van der Waals surface area contributed by atoms with E-state index in [-0.39, 0.29) is 37.9 Å². The van der Waals surface area contributed by atoms with Crippen molar-refractivity contribution in [2.24, 2.45) is 5.92 Å². The minimum Gasteiger partial charge on any atom is -0.357 e. The monoisotopic (exact) mass is 455 g/mol. The third kappa shape index (κ3) is 8.81. The normalized spacial score (nSPS) is 13.4. The topological polar surface area (TPSA) is 123 Å². The van der Waals surface area contributed by atoms with Crippen molar-refractivity contribution in [3.63, 3.8) is 0 Å². The maximum Gasteiger partial charge on any atom is 0.418 e. The molecule has 0 unspecified atom stereocenters. The largest absolute Gasteiger partial charge is 0.418 e. The first-order valence-electron chi connectivity index (χ1n) is 10.4. The van der Waals surface area contributed by atoms with Gasteiger partial charge in [0.15, 0.2) is 0 Å². The second-order valence-corrected chi connectivity index (χ2v) is 9.25. The number of benzene rings is 1. The number of amides is 3. The highest BCUT2D eigenvalue weighted by Gasteiger charge is 2.37. The van der Waals surface area contributed by atoms with Crippen molar-refractivity contribution in [2.45, 2.75) is 52.6 Å². The van der Waals surface area contributed by atoms with Crippen molar-refractivity contribution in [1.82, 2.24) is 16.0 Å². The molecular weight excluding hydrogens is 421 g/mol. The molecule has 0 aromatic heterocycles. The van der Waals surface area contributed by atoms with E-state index in [2.05, 4.69) is 16.0 Å². The van der Waals surface area contributed by atoms with Gasteiger partial charge in [-0.15, -0.1) is 0 Å². The Balaban J connectivity index is 3.02. The number of hydrogen-bond donors (Lipinski definition) is 3. The van der Waals surface area contributed by atoms with Crippen molar-refractivity contribution < 1.29 is 28.0 Å². The van der Waals surface area contributed by atoms with Crippen molar-refractivity contribution in [3.05, 3.63) is 35.9 Å². The fraction of sp³-hybridized carbons (Fsp3) is 0.571. The number of carbonyl (C=O) groups is 3. The van der Waals surface area contributed by atoms with Crippen LogP contribution in [0.25, 0.3) is 0 Å². The van der Waals surface area contributed by atoms with Crippen LogP contribution in [0.5, 0.6) is 0 Å². The third-order valence-electron chi connectivity index (χ3n) is 4.33. The number of hydrogen-bond acceptors (Lipinski definition) is 6. The zero-order valence-electron chi connectivity index (χ0n) is 18.8. The van der Waals surface area contributed by atoms with E-state index in [1.54, 1.807) is 13.8 Å². The Labute approximate surface area is 184 Å². The molecule has 0 heterocycles. The lowest BCUT2D eigenvalue weighted by Gasteiger charge is -2.25. The Hall–Kier alpha value is -2.22. The summed E-state index contributed by atoms with van der Waals surface area (Å²) >= 11 is 0. The van der Waals surface area contributed by atoms with Crippen LogP contribution >= 0.6 is 7.60 Å². The van der Waals surface area contributed by atoms with E-state index in [1.807, 2.05) is 44.2 Å². The average molecular weight is 455 g/mol. The molecule has 3 N–H and O–H groups in total. The SMILES string of the molecule is CCOP(=O)(OCC)C(=O)N[C@@H](CC(C)C)C(=O)N[C@@H](Cc1ccccc1)C(=O)NC. The van der Waals surface area contributed by atoms with Gasteiger partial charge < -0.3 is 25.0 Å². The predicted octanol–water partition coefficient (Wildman–Crippen LogP) is 2.85. The molecule has 0 saturated carbocycles. The van der Waals surface area contributed by atoms with E-state index >= 15 is 0 Å². The molecule has 0 aliphatic carbocycles. The minimum absolute atomic E-state index is 0.0154. The maximum atomic E-state index is 13.0. The van der Waals surface area contributed by atoms with Crippen LogP contribution in [-0.2, 0) is 29.6 Å². The second-order valence-electron chi connectivity index (χ2n) is 7.33. The number of rotatable bonds is 13. The molecule has 1 aromatic rings. The molecule has 0 aliphatic rings. The van der Waals surface area contributed by atoms with Crippen LogP contribution in [0.2, 0.25) is 0 Å². The minimum atomic E-state index is -4.07. The number of nitrogens with one attached hydrogen (secondary N) is 3. The Morgan fingerprint density at radius 2 is 1.52 bits per heavy atom. The Kier molecular flexibility index (Phi) is 11.5. The Morgan fingerprint density at radius 3 is 2.00 bits per heavy atom. The van der Waals surface area contributed by atoms with E-state index < -0.39 is 31.2 Å². The second kappa shape index (κ2) is 13.2. The summed E-state index contributed by atoms with van der Waals surface area (Å²) in [6.07, 6.45) is 0.562. The summed E-state index contributed by atoms with van der Waals surface area (Å²) in [6, 6.07) is 7.42. The van der Waals surface area contributed by atoms with Crippen molar-refractivity contribution in [2.75, 3.05) is 20.3 Å². The molecular formula is C21H34N3O6P. The van der Waals surface area contributed by atoms with Crippen LogP contribution in [0.1, 0.15) is 39.7 Å². The van der Waals surface area contributed by atoms with Gasteiger partial charge in [-0.05, 0) is 31.7 Å². The summed E-state index contributed by atoms with van der Waals surface area (Å²) in [4.78, 5) is 38.0. The van der Waals surface area contributed by atoms with E-state index in [0.29, 0.717) is 0 Å². The fourth-order valence-corrected chi connectivity index (χ4v) is 4.23. The van der Waals surface area contributed by atoms with Gasteiger partial charge in [0.2, 0.25) is 11.8 Å². The van der Waals surface area contributed by atoms with Gasteiger partial charge in [0.1, 0.15) is 12.1 Å². The Morgan fingerprint density at radius 1 is 0.935 bits per heavy atom. The van der Waals surface area contributed by atoms with Crippen LogP contribution in [0.3, 0.4) is 0 Å². The molecule has 2 atom stereocenters.